The molecule has 0 aliphatic heterocycles. The first kappa shape index (κ1) is 15.5. The highest BCUT2D eigenvalue weighted by atomic mass is 35.5. The van der Waals surface area contributed by atoms with Crippen LogP contribution in [0.1, 0.15) is 34.5 Å². The summed E-state index contributed by atoms with van der Waals surface area (Å²) in [5.41, 5.74) is 1.51. The van der Waals surface area contributed by atoms with E-state index in [1.165, 1.54) is 11.0 Å². The Bertz CT molecular complexity index is 654. The molecular formula is C17H17ClFNO. The second-order valence-corrected chi connectivity index (χ2v) is 5.52. The standard InChI is InChI=1S/C17H17ClFNO/c1-11-5-4-6-15(16(11)19)17(21)20(3)12(2)13-7-9-14(18)10-8-13/h4-10,12H,1-3H3. The molecular weight excluding hydrogens is 289 g/mol. The predicted molar refractivity (Wildman–Crippen MR) is 83.1 cm³/mol. The molecule has 110 valence electrons. The molecule has 0 heterocycles. The van der Waals surface area contributed by atoms with Gasteiger partial charge in [0.05, 0.1) is 11.6 Å². The monoisotopic (exact) mass is 305 g/mol. The number of amides is 1. The number of hydrogen-bond acceptors (Lipinski definition) is 1. The van der Waals surface area contributed by atoms with Crippen LogP contribution in [0.25, 0.3) is 0 Å². The highest BCUT2D eigenvalue weighted by Gasteiger charge is 2.22. The van der Waals surface area contributed by atoms with E-state index in [-0.39, 0.29) is 17.5 Å². The maximum Gasteiger partial charge on any atom is 0.257 e. The van der Waals surface area contributed by atoms with Gasteiger partial charge < -0.3 is 4.90 Å². The third kappa shape index (κ3) is 3.24. The summed E-state index contributed by atoms with van der Waals surface area (Å²) in [6.45, 7) is 3.55. The molecule has 2 aromatic carbocycles. The topological polar surface area (TPSA) is 20.3 Å². The zero-order valence-corrected chi connectivity index (χ0v) is 13.0. The summed E-state index contributed by atoms with van der Waals surface area (Å²) in [6, 6.07) is 12.0. The minimum absolute atomic E-state index is 0.0957. The number of aryl methyl sites for hydroxylation is 1. The number of carbonyl (C=O) groups is 1. The first-order valence-corrected chi connectivity index (χ1v) is 7.07. The fourth-order valence-corrected chi connectivity index (χ4v) is 2.27. The Hall–Kier alpha value is -1.87. The Balaban J connectivity index is 2.26. The smallest absolute Gasteiger partial charge is 0.257 e. The van der Waals surface area contributed by atoms with Crippen molar-refractivity contribution in [1.82, 2.24) is 4.90 Å². The molecule has 1 unspecified atom stereocenters. The largest absolute Gasteiger partial charge is 0.335 e. The van der Waals surface area contributed by atoms with E-state index in [0.29, 0.717) is 10.6 Å². The summed E-state index contributed by atoms with van der Waals surface area (Å²) < 4.78 is 14.1. The first-order chi connectivity index (χ1) is 9.91. The number of benzene rings is 2. The molecule has 21 heavy (non-hydrogen) atoms. The van der Waals surface area contributed by atoms with Crippen molar-refractivity contribution in [2.24, 2.45) is 0 Å². The summed E-state index contributed by atoms with van der Waals surface area (Å²) >= 11 is 5.86. The van der Waals surface area contributed by atoms with Crippen LogP contribution in [-0.4, -0.2) is 17.9 Å². The molecule has 0 aromatic heterocycles. The Kier molecular flexibility index (Phi) is 4.63. The molecule has 0 saturated carbocycles. The second kappa shape index (κ2) is 6.27. The van der Waals surface area contributed by atoms with Crippen molar-refractivity contribution in [3.63, 3.8) is 0 Å². The van der Waals surface area contributed by atoms with E-state index in [1.54, 1.807) is 38.2 Å². The normalized spacial score (nSPS) is 12.0. The Labute approximate surface area is 129 Å². The molecule has 0 fully saturated rings. The number of rotatable bonds is 3. The van der Waals surface area contributed by atoms with Gasteiger partial charge in [0.2, 0.25) is 0 Å². The lowest BCUT2D eigenvalue weighted by Gasteiger charge is -2.26. The van der Waals surface area contributed by atoms with Gasteiger partial charge in [-0.1, -0.05) is 35.9 Å². The average molecular weight is 306 g/mol. The zero-order chi connectivity index (χ0) is 15.6. The van der Waals surface area contributed by atoms with Gasteiger partial charge in [-0.2, -0.15) is 0 Å². The van der Waals surface area contributed by atoms with Gasteiger partial charge in [-0.3, -0.25) is 4.79 Å². The third-order valence-electron chi connectivity index (χ3n) is 3.68. The van der Waals surface area contributed by atoms with Crippen molar-refractivity contribution in [3.05, 3.63) is 70.0 Å². The van der Waals surface area contributed by atoms with Gasteiger partial charge in [0.1, 0.15) is 5.82 Å². The van der Waals surface area contributed by atoms with Crippen molar-refractivity contribution >= 4 is 17.5 Å². The molecule has 0 radical (unpaired) electrons. The maximum atomic E-state index is 14.1. The number of hydrogen-bond donors (Lipinski definition) is 0. The number of nitrogens with zero attached hydrogens (tertiary/aromatic N) is 1. The van der Waals surface area contributed by atoms with Crippen LogP contribution in [0.5, 0.6) is 0 Å². The van der Waals surface area contributed by atoms with Gasteiger partial charge >= 0.3 is 0 Å². The second-order valence-electron chi connectivity index (χ2n) is 5.08. The quantitative estimate of drug-likeness (QED) is 0.810. The lowest BCUT2D eigenvalue weighted by atomic mass is 10.1. The van der Waals surface area contributed by atoms with Gasteiger partial charge in [0, 0.05) is 12.1 Å². The van der Waals surface area contributed by atoms with Crippen LogP contribution in [0.4, 0.5) is 4.39 Å². The molecule has 0 spiro atoms. The van der Waals surface area contributed by atoms with Gasteiger partial charge in [0.15, 0.2) is 0 Å². The van der Waals surface area contributed by atoms with Crippen LogP contribution >= 0.6 is 11.6 Å². The van der Waals surface area contributed by atoms with Gasteiger partial charge in [-0.05, 0) is 43.2 Å². The van der Waals surface area contributed by atoms with Crippen molar-refractivity contribution in [1.29, 1.82) is 0 Å². The molecule has 1 amide bonds. The van der Waals surface area contributed by atoms with Crippen LogP contribution in [0, 0.1) is 12.7 Å². The number of halogens is 2. The summed E-state index contributed by atoms with van der Waals surface area (Å²) in [5.74, 6) is -0.795. The Morgan fingerprint density at radius 3 is 2.43 bits per heavy atom. The third-order valence-corrected chi connectivity index (χ3v) is 3.93. The van der Waals surface area contributed by atoms with Gasteiger partial charge in [-0.15, -0.1) is 0 Å². The van der Waals surface area contributed by atoms with E-state index in [4.69, 9.17) is 11.6 Å². The molecule has 2 aromatic rings. The van der Waals surface area contributed by atoms with Crippen LogP contribution in [0.2, 0.25) is 5.02 Å². The zero-order valence-electron chi connectivity index (χ0n) is 12.2. The van der Waals surface area contributed by atoms with Crippen molar-refractivity contribution in [2.45, 2.75) is 19.9 Å². The summed E-state index contributed by atoms with van der Waals surface area (Å²) in [6.07, 6.45) is 0. The molecule has 0 bridgehead atoms. The summed E-state index contributed by atoms with van der Waals surface area (Å²) in [5, 5.41) is 0.643. The molecule has 0 N–H and O–H groups in total. The molecule has 0 aliphatic carbocycles. The van der Waals surface area contributed by atoms with E-state index < -0.39 is 5.82 Å². The number of carbonyl (C=O) groups excluding carboxylic acids is 1. The molecule has 1 atom stereocenters. The van der Waals surface area contributed by atoms with Crippen molar-refractivity contribution in [3.8, 4) is 0 Å². The van der Waals surface area contributed by atoms with Crippen LogP contribution in [0.3, 0.4) is 0 Å². The van der Waals surface area contributed by atoms with Crippen LogP contribution < -0.4 is 0 Å². The molecule has 2 rings (SSSR count). The van der Waals surface area contributed by atoms with E-state index in [0.717, 1.165) is 5.56 Å². The first-order valence-electron chi connectivity index (χ1n) is 6.69. The van der Waals surface area contributed by atoms with Gasteiger partial charge in [0.25, 0.3) is 5.91 Å². The maximum absolute atomic E-state index is 14.1. The predicted octanol–water partition coefficient (Wildman–Crippen LogP) is 4.62. The van der Waals surface area contributed by atoms with E-state index in [1.807, 2.05) is 19.1 Å². The Morgan fingerprint density at radius 2 is 1.81 bits per heavy atom. The Morgan fingerprint density at radius 1 is 1.19 bits per heavy atom. The van der Waals surface area contributed by atoms with Gasteiger partial charge in [-0.25, -0.2) is 4.39 Å². The average Bonchev–Trinajstić information content (AvgIpc) is 2.48. The lowest BCUT2D eigenvalue weighted by Crippen LogP contribution is -2.30. The molecule has 4 heteroatoms. The van der Waals surface area contributed by atoms with E-state index in [2.05, 4.69) is 0 Å². The fraction of sp³-hybridized carbons (Fsp3) is 0.235. The van der Waals surface area contributed by atoms with Crippen molar-refractivity contribution in [2.75, 3.05) is 7.05 Å². The SMILES string of the molecule is Cc1cccc(C(=O)N(C)C(C)c2ccc(Cl)cc2)c1F. The van der Waals surface area contributed by atoms with Crippen LogP contribution in [0.15, 0.2) is 42.5 Å². The minimum Gasteiger partial charge on any atom is -0.335 e. The highest BCUT2D eigenvalue weighted by Crippen LogP contribution is 2.23. The summed E-state index contributed by atoms with van der Waals surface area (Å²) in [7, 11) is 1.67. The summed E-state index contributed by atoms with van der Waals surface area (Å²) in [4.78, 5) is 14.0. The molecule has 0 saturated heterocycles. The molecule has 0 aliphatic rings. The fourth-order valence-electron chi connectivity index (χ4n) is 2.14. The minimum atomic E-state index is -0.461. The molecule has 2 nitrogen and oxygen atoms in total. The highest BCUT2D eigenvalue weighted by molar-refractivity contribution is 6.30. The van der Waals surface area contributed by atoms with E-state index >= 15 is 0 Å². The van der Waals surface area contributed by atoms with Crippen LogP contribution in [-0.2, 0) is 0 Å². The lowest BCUT2D eigenvalue weighted by molar-refractivity contribution is 0.0737. The van der Waals surface area contributed by atoms with E-state index in [9.17, 15) is 9.18 Å². The van der Waals surface area contributed by atoms with Crippen molar-refractivity contribution < 1.29 is 9.18 Å².